The Bertz CT molecular complexity index is 1320. The van der Waals surface area contributed by atoms with E-state index < -0.39 is 11.8 Å². The number of methoxy groups -OCH3 is 1. The minimum absolute atomic E-state index is 0.0501. The number of carbonyl (C=O) groups excluding carboxylic acids is 2. The number of rotatable bonds is 7. The molecule has 0 saturated heterocycles. The van der Waals surface area contributed by atoms with Crippen molar-refractivity contribution in [3.8, 4) is 23.0 Å². The van der Waals surface area contributed by atoms with Crippen LogP contribution >= 0.6 is 15.9 Å². The summed E-state index contributed by atoms with van der Waals surface area (Å²) in [4.78, 5) is 25.7. The molecule has 178 valence electrons. The van der Waals surface area contributed by atoms with Crippen LogP contribution in [0.3, 0.4) is 0 Å². The van der Waals surface area contributed by atoms with E-state index in [0.29, 0.717) is 32.7 Å². The number of phenolic OH excluding ortho intramolecular Hbond substituents is 1. The Hall–Kier alpha value is -4.31. The SMILES string of the molecule is COc1cc(Br)cc(/C=N/NC(=O)C(=Cc2ccc3c(c2)OCO3)NC(=O)c2ccccc2)c1O. The van der Waals surface area contributed by atoms with Crippen molar-refractivity contribution in [3.63, 3.8) is 0 Å². The maximum Gasteiger partial charge on any atom is 0.287 e. The van der Waals surface area contributed by atoms with E-state index in [9.17, 15) is 14.7 Å². The number of carbonyl (C=O) groups is 2. The van der Waals surface area contributed by atoms with Crippen molar-refractivity contribution in [2.45, 2.75) is 0 Å². The molecule has 0 aromatic heterocycles. The van der Waals surface area contributed by atoms with Crippen LogP contribution in [0.2, 0.25) is 0 Å². The number of phenols is 1. The van der Waals surface area contributed by atoms with Gasteiger partial charge in [-0.05, 0) is 48.0 Å². The summed E-state index contributed by atoms with van der Waals surface area (Å²) in [6.45, 7) is 0.114. The summed E-state index contributed by atoms with van der Waals surface area (Å²) in [6, 6.07) is 16.8. The van der Waals surface area contributed by atoms with Gasteiger partial charge in [-0.3, -0.25) is 9.59 Å². The molecule has 35 heavy (non-hydrogen) atoms. The van der Waals surface area contributed by atoms with Crippen LogP contribution in [0.4, 0.5) is 0 Å². The van der Waals surface area contributed by atoms with Gasteiger partial charge in [0, 0.05) is 15.6 Å². The number of nitrogens with one attached hydrogen (secondary N) is 2. The fourth-order valence-corrected chi connectivity index (χ4v) is 3.64. The number of hydrogen-bond acceptors (Lipinski definition) is 7. The van der Waals surface area contributed by atoms with Crippen LogP contribution < -0.4 is 25.0 Å². The molecule has 0 unspecified atom stereocenters. The summed E-state index contributed by atoms with van der Waals surface area (Å²) in [5.74, 6) is 0.0870. The summed E-state index contributed by atoms with van der Waals surface area (Å²) < 4.78 is 16.5. The van der Waals surface area contributed by atoms with Gasteiger partial charge in [0.2, 0.25) is 6.79 Å². The molecule has 0 bridgehead atoms. The highest BCUT2D eigenvalue weighted by molar-refractivity contribution is 9.10. The number of amides is 2. The summed E-state index contributed by atoms with van der Waals surface area (Å²) in [7, 11) is 1.42. The second-order valence-electron chi connectivity index (χ2n) is 7.24. The van der Waals surface area contributed by atoms with Gasteiger partial charge >= 0.3 is 0 Å². The third-order valence-corrected chi connectivity index (χ3v) is 5.35. The molecule has 1 aliphatic heterocycles. The lowest BCUT2D eigenvalue weighted by atomic mass is 10.1. The van der Waals surface area contributed by atoms with Crippen molar-refractivity contribution in [1.82, 2.24) is 10.7 Å². The first-order chi connectivity index (χ1) is 16.9. The van der Waals surface area contributed by atoms with E-state index in [0.717, 1.165) is 0 Å². The molecule has 3 aromatic rings. The molecule has 10 heteroatoms. The molecule has 0 radical (unpaired) electrons. The van der Waals surface area contributed by atoms with E-state index in [1.807, 2.05) is 0 Å². The van der Waals surface area contributed by atoms with Crippen molar-refractivity contribution < 1.29 is 28.9 Å². The van der Waals surface area contributed by atoms with Gasteiger partial charge in [0.25, 0.3) is 11.8 Å². The minimum atomic E-state index is -0.676. The molecule has 0 fully saturated rings. The van der Waals surface area contributed by atoms with Crippen LogP contribution in [0.1, 0.15) is 21.5 Å². The van der Waals surface area contributed by atoms with Gasteiger partial charge in [-0.25, -0.2) is 5.43 Å². The number of nitrogens with zero attached hydrogens (tertiary/aromatic N) is 1. The zero-order chi connectivity index (χ0) is 24.8. The standard InChI is InChI=1S/C25H20BrN3O6/c1-33-22-12-18(26)11-17(23(22)30)13-27-29-25(32)19(28-24(31)16-5-3-2-4-6-16)9-15-7-8-20-21(10-15)35-14-34-20/h2-13,30H,14H2,1H3,(H,28,31)(H,29,32)/b19-9?,27-13+. The van der Waals surface area contributed by atoms with Crippen molar-refractivity contribution in [2.24, 2.45) is 5.10 Å². The van der Waals surface area contributed by atoms with Gasteiger partial charge < -0.3 is 24.6 Å². The number of hydrazone groups is 1. The monoisotopic (exact) mass is 537 g/mol. The van der Waals surface area contributed by atoms with E-state index >= 15 is 0 Å². The quantitative estimate of drug-likeness (QED) is 0.239. The number of hydrogen-bond donors (Lipinski definition) is 3. The first kappa shape index (κ1) is 23.8. The highest BCUT2D eigenvalue weighted by atomic mass is 79.9. The third-order valence-electron chi connectivity index (χ3n) is 4.90. The van der Waals surface area contributed by atoms with Gasteiger partial charge in [-0.1, -0.05) is 40.2 Å². The second kappa shape index (κ2) is 10.7. The molecule has 9 nitrogen and oxygen atoms in total. The summed E-state index contributed by atoms with van der Waals surface area (Å²) in [5, 5.41) is 16.8. The Morgan fingerprint density at radius 1 is 1.09 bits per heavy atom. The van der Waals surface area contributed by atoms with Gasteiger partial charge in [0.1, 0.15) is 5.70 Å². The van der Waals surface area contributed by atoms with Crippen molar-refractivity contribution >= 4 is 40.0 Å². The Kier molecular flexibility index (Phi) is 7.32. The molecule has 0 saturated carbocycles. The largest absolute Gasteiger partial charge is 0.504 e. The minimum Gasteiger partial charge on any atom is -0.504 e. The Balaban J connectivity index is 1.58. The topological polar surface area (TPSA) is 118 Å². The van der Waals surface area contributed by atoms with E-state index in [1.165, 1.54) is 19.4 Å². The molecule has 0 spiro atoms. The number of ether oxygens (including phenoxy) is 3. The highest BCUT2D eigenvalue weighted by Crippen LogP contribution is 2.33. The third kappa shape index (κ3) is 5.79. The van der Waals surface area contributed by atoms with E-state index in [4.69, 9.17) is 14.2 Å². The van der Waals surface area contributed by atoms with Crippen LogP contribution in [0.5, 0.6) is 23.0 Å². The average Bonchev–Trinajstić information content (AvgIpc) is 3.33. The Morgan fingerprint density at radius 2 is 1.86 bits per heavy atom. The predicted octanol–water partition coefficient (Wildman–Crippen LogP) is 3.81. The maximum atomic E-state index is 13.0. The first-order valence-electron chi connectivity index (χ1n) is 10.3. The lowest BCUT2D eigenvalue weighted by molar-refractivity contribution is -0.117. The molecular weight excluding hydrogens is 518 g/mol. The summed E-state index contributed by atoms with van der Waals surface area (Å²) in [6.07, 6.45) is 2.75. The number of aromatic hydroxyl groups is 1. The lowest BCUT2D eigenvalue weighted by Gasteiger charge is -2.10. The van der Waals surface area contributed by atoms with Crippen molar-refractivity contribution in [1.29, 1.82) is 0 Å². The van der Waals surface area contributed by atoms with Crippen LogP contribution in [0.15, 0.2) is 75.9 Å². The Morgan fingerprint density at radius 3 is 2.63 bits per heavy atom. The van der Waals surface area contributed by atoms with Gasteiger partial charge in [-0.2, -0.15) is 5.10 Å². The summed E-state index contributed by atoms with van der Waals surface area (Å²) in [5.41, 5.74) is 3.61. The normalized spacial score (nSPS) is 12.5. The zero-order valence-corrected chi connectivity index (χ0v) is 20.0. The van der Waals surface area contributed by atoms with Crippen LogP contribution in [0, 0.1) is 0 Å². The smallest absolute Gasteiger partial charge is 0.287 e. The van der Waals surface area contributed by atoms with Gasteiger partial charge in [-0.15, -0.1) is 0 Å². The predicted molar refractivity (Wildman–Crippen MR) is 133 cm³/mol. The van der Waals surface area contributed by atoms with Crippen molar-refractivity contribution in [3.05, 3.63) is 87.5 Å². The Labute approximate surface area is 209 Å². The number of halogens is 1. The van der Waals surface area contributed by atoms with Crippen LogP contribution in [0.25, 0.3) is 6.08 Å². The molecule has 0 atom stereocenters. The molecular formula is C25H20BrN3O6. The van der Waals surface area contributed by atoms with E-state index in [1.54, 1.807) is 60.7 Å². The zero-order valence-electron chi connectivity index (χ0n) is 18.4. The number of benzene rings is 3. The molecule has 3 aromatic carbocycles. The molecule has 3 N–H and O–H groups in total. The molecule has 2 amide bonds. The van der Waals surface area contributed by atoms with Crippen molar-refractivity contribution in [2.75, 3.05) is 13.9 Å². The van der Waals surface area contributed by atoms with E-state index in [-0.39, 0.29) is 24.0 Å². The lowest BCUT2D eigenvalue weighted by Crippen LogP contribution is -2.32. The van der Waals surface area contributed by atoms with Gasteiger partial charge in [0.15, 0.2) is 23.0 Å². The average molecular weight is 538 g/mol. The molecule has 1 heterocycles. The molecule has 4 rings (SSSR count). The summed E-state index contributed by atoms with van der Waals surface area (Å²) >= 11 is 3.32. The fraction of sp³-hybridized carbons (Fsp3) is 0.0800. The molecule has 0 aliphatic carbocycles. The van der Waals surface area contributed by atoms with Gasteiger partial charge in [0.05, 0.1) is 13.3 Å². The second-order valence-corrected chi connectivity index (χ2v) is 8.15. The fourth-order valence-electron chi connectivity index (χ4n) is 3.18. The molecule has 1 aliphatic rings. The van der Waals surface area contributed by atoms with E-state index in [2.05, 4.69) is 31.8 Å². The highest BCUT2D eigenvalue weighted by Gasteiger charge is 2.17. The maximum absolute atomic E-state index is 13.0. The van der Waals surface area contributed by atoms with Crippen LogP contribution in [-0.2, 0) is 4.79 Å². The van der Waals surface area contributed by atoms with Crippen LogP contribution in [-0.4, -0.2) is 37.0 Å². The first-order valence-corrected chi connectivity index (χ1v) is 11.1. The number of fused-ring (bicyclic) bond motifs is 1.